The molecule has 0 saturated carbocycles. The summed E-state index contributed by atoms with van der Waals surface area (Å²) in [5.41, 5.74) is 1.94. The summed E-state index contributed by atoms with van der Waals surface area (Å²) in [6.07, 6.45) is 4.30. The summed E-state index contributed by atoms with van der Waals surface area (Å²) in [5.74, 6) is -1.11. The van der Waals surface area contributed by atoms with Crippen LogP contribution in [0.1, 0.15) is 18.9 Å². The lowest BCUT2D eigenvalue weighted by Crippen LogP contribution is -2.48. The molecule has 0 bridgehead atoms. The minimum Gasteiger partial charge on any atom is -0.478 e. The van der Waals surface area contributed by atoms with E-state index in [1.807, 2.05) is 6.92 Å². The van der Waals surface area contributed by atoms with Crippen molar-refractivity contribution in [1.82, 2.24) is 14.8 Å². The first-order chi connectivity index (χ1) is 14.5. The summed E-state index contributed by atoms with van der Waals surface area (Å²) < 4.78 is 21.9. The molecule has 9 heteroatoms. The van der Waals surface area contributed by atoms with Crippen LogP contribution in [0.2, 0.25) is 0 Å². The molecule has 1 atom stereocenters. The second kappa shape index (κ2) is 7.94. The van der Waals surface area contributed by atoms with Gasteiger partial charge in [-0.25, -0.2) is 14.1 Å². The van der Waals surface area contributed by atoms with Crippen molar-refractivity contribution in [1.29, 1.82) is 0 Å². The number of aryl methyl sites for hydroxylation is 1. The molecule has 1 aromatic carbocycles. The predicted octanol–water partition coefficient (Wildman–Crippen LogP) is 2.86. The Morgan fingerprint density at radius 2 is 2.20 bits per heavy atom. The first kappa shape index (κ1) is 19.6. The maximum Gasteiger partial charge on any atom is 0.269 e. The van der Waals surface area contributed by atoms with E-state index in [2.05, 4.69) is 15.4 Å². The van der Waals surface area contributed by atoms with Crippen molar-refractivity contribution in [2.45, 2.75) is 26.4 Å². The summed E-state index contributed by atoms with van der Waals surface area (Å²) in [6.45, 7) is 3.47. The number of fused-ring (bicyclic) bond motifs is 1. The average molecular weight is 409 g/mol. The van der Waals surface area contributed by atoms with Gasteiger partial charge in [0.1, 0.15) is 6.54 Å². The molecule has 0 radical (unpaired) electrons. The first-order valence-electron chi connectivity index (χ1n) is 9.50. The van der Waals surface area contributed by atoms with Gasteiger partial charge in [0.2, 0.25) is 5.91 Å². The highest BCUT2D eigenvalue weighted by Gasteiger charge is 2.33. The molecular formula is C21H20FN5O3. The number of ether oxygens (including phenoxy) is 1. The van der Waals surface area contributed by atoms with Crippen molar-refractivity contribution in [3.63, 3.8) is 0 Å². The second-order valence-electron chi connectivity index (χ2n) is 6.94. The lowest BCUT2D eigenvalue weighted by atomic mass is 10.2. The van der Waals surface area contributed by atoms with Gasteiger partial charge in [0.15, 0.2) is 23.5 Å². The van der Waals surface area contributed by atoms with E-state index in [1.54, 1.807) is 42.2 Å². The molecular weight excluding hydrogens is 389 g/mol. The Hall–Kier alpha value is -3.75. The summed E-state index contributed by atoms with van der Waals surface area (Å²) in [4.78, 5) is 30.5. The minimum atomic E-state index is -0.974. The van der Waals surface area contributed by atoms with Gasteiger partial charge in [-0.2, -0.15) is 5.10 Å². The standard InChI is InChI=1S/C21H20FN5O3/c1-3-17(21(29)26-12-19(28)25-16-5-4-8-23-20(16)26)30-18-7-6-14(9-15(18)22)27-11-13(2)10-24-27/h4-11,17H,3,12H2,1-2H3,(H,25,28). The Morgan fingerprint density at radius 3 is 2.90 bits per heavy atom. The lowest BCUT2D eigenvalue weighted by molar-refractivity contribution is -0.127. The molecule has 1 unspecified atom stereocenters. The van der Waals surface area contributed by atoms with E-state index in [-0.39, 0.29) is 18.2 Å². The number of nitrogens with zero attached hydrogens (tertiary/aromatic N) is 4. The Labute approximate surface area is 172 Å². The molecule has 3 aromatic rings. The normalized spacial score (nSPS) is 14.1. The number of halogens is 1. The third kappa shape index (κ3) is 3.73. The molecule has 0 saturated heterocycles. The largest absolute Gasteiger partial charge is 0.478 e. The van der Waals surface area contributed by atoms with Crippen LogP contribution >= 0.6 is 0 Å². The maximum absolute atomic E-state index is 14.7. The minimum absolute atomic E-state index is 0.0504. The number of carbonyl (C=O) groups is 2. The van der Waals surface area contributed by atoms with Crippen LogP contribution in [0, 0.1) is 12.7 Å². The van der Waals surface area contributed by atoms with E-state index in [9.17, 15) is 14.0 Å². The number of anilines is 2. The molecule has 0 aliphatic carbocycles. The third-order valence-electron chi connectivity index (χ3n) is 4.69. The SMILES string of the molecule is CCC(Oc1ccc(-n2cc(C)cn2)cc1F)C(=O)N1CC(=O)Nc2cccnc21. The van der Waals surface area contributed by atoms with Crippen LogP contribution in [-0.4, -0.2) is 39.2 Å². The lowest BCUT2D eigenvalue weighted by Gasteiger charge is -2.30. The highest BCUT2D eigenvalue weighted by atomic mass is 19.1. The number of carbonyl (C=O) groups excluding carboxylic acids is 2. The second-order valence-corrected chi connectivity index (χ2v) is 6.94. The highest BCUT2D eigenvalue weighted by Crippen LogP contribution is 2.28. The number of pyridine rings is 1. The van der Waals surface area contributed by atoms with Crippen molar-refractivity contribution in [3.8, 4) is 11.4 Å². The van der Waals surface area contributed by atoms with Crippen LogP contribution in [-0.2, 0) is 9.59 Å². The number of hydrogen-bond acceptors (Lipinski definition) is 5. The number of aromatic nitrogens is 3. The number of rotatable bonds is 5. The van der Waals surface area contributed by atoms with E-state index in [1.165, 1.54) is 23.2 Å². The fourth-order valence-electron chi connectivity index (χ4n) is 3.22. The highest BCUT2D eigenvalue weighted by molar-refractivity contribution is 6.10. The van der Waals surface area contributed by atoms with Gasteiger partial charge in [-0.15, -0.1) is 0 Å². The summed E-state index contributed by atoms with van der Waals surface area (Å²) in [6, 6.07) is 7.75. The van der Waals surface area contributed by atoms with Crippen molar-refractivity contribution in [2.75, 3.05) is 16.8 Å². The average Bonchev–Trinajstić information content (AvgIpc) is 3.18. The Bertz CT molecular complexity index is 1110. The van der Waals surface area contributed by atoms with E-state index in [4.69, 9.17) is 4.74 Å². The molecule has 154 valence electrons. The zero-order valence-corrected chi connectivity index (χ0v) is 16.5. The molecule has 1 aliphatic heterocycles. The van der Waals surface area contributed by atoms with Gasteiger partial charge in [-0.3, -0.25) is 14.5 Å². The number of hydrogen-bond donors (Lipinski definition) is 1. The molecule has 3 heterocycles. The van der Waals surface area contributed by atoms with Gasteiger partial charge in [-0.05, 0) is 43.2 Å². The van der Waals surface area contributed by atoms with Crippen LogP contribution in [0.4, 0.5) is 15.9 Å². The smallest absolute Gasteiger partial charge is 0.269 e. The molecule has 0 fully saturated rings. The van der Waals surface area contributed by atoms with E-state index in [0.717, 1.165) is 5.56 Å². The quantitative estimate of drug-likeness (QED) is 0.700. The molecule has 2 amide bonds. The van der Waals surface area contributed by atoms with Gasteiger partial charge < -0.3 is 10.1 Å². The number of amides is 2. The fraction of sp³-hybridized carbons (Fsp3) is 0.238. The van der Waals surface area contributed by atoms with Crippen LogP contribution in [0.15, 0.2) is 48.9 Å². The van der Waals surface area contributed by atoms with Gasteiger partial charge in [-0.1, -0.05) is 6.92 Å². The fourth-order valence-corrected chi connectivity index (χ4v) is 3.22. The first-order valence-corrected chi connectivity index (χ1v) is 9.50. The summed E-state index contributed by atoms with van der Waals surface area (Å²) in [7, 11) is 0. The summed E-state index contributed by atoms with van der Waals surface area (Å²) >= 11 is 0. The predicted molar refractivity (Wildman–Crippen MR) is 108 cm³/mol. The molecule has 30 heavy (non-hydrogen) atoms. The maximum atomic E-state index is 14.7. The Balaban J connectivity index is 1.56. The van der Waals surface area contributed by atoms with Gasteiger partial charge in [0.25, 0.3) is 5.91 Å². The molecule has 2 aromatic heterocycles. The van der Waals surface area contributed by atoms with Gasteiger partial charge in [0, 0.05) is 18.5 Å². The monoisotopic (exact) mass is 409 g/mol. The zero-order valence-electron chi connectivity index (χ0n) is 16.5. The van der Waals surface area contributed by atoms with E-state index in [0.29, 0.717) is 23.6 Å². The van der Waals surface area contributed by atoms with Crippen molar-refractivity contribution in [2.24, 2.45) is 0 Å². The van der Waals surface area contributed by atoms with Gasteiger partial charge in [0.05, 0.1) is 17.6 Å². The van der Waals surface area contributed by atoms with Gasteiger partial charge >= 0.3 is 0 Å². The van der Waals surface area contributed by atoms with Crippen molar-refractivity contribution >= 4 is 23.3 Å². The van der Waals surface area contributed by atoms with Crippen LogP contribution in [0.5, 0.6) is 5.75 Å². The molecule has 4 rings (SSSR count). The van der Waals surface area contributed by atoms with Crippen LogP contribution < -0.4 is 15.0 Å². The van der Waals surface area contributed by atoms with Crippen molar-refractivity contribution < 1.29 is 18.7 Å². The zero-order chi connectivity index (χ0) is 21.3. The van der Waals surface area contributed by atoms with Crippen LogP contribution in [0.25, 0.3) is 5.69 Å². The van der Waals surface area contributed by atoms with E-state index >= 15 is 0 Å². The number of benzene rings is 1. The Morgan fingerprint density at radius 1 is 1.37 bits per heavy atom. The Kier molecular flexibility index (Phi) is 5.18. The third-order valence-corrected chi connectivity index (χ3v) is 4.69. The molecule has 1 N–H and O–H groups in total. The molecule has 8 nitrogen and oxygen atoms in total. The summed E-state index contributed by atoms with van der Waals surface area (Å²) in [5, 5.41) is 6.83. The van der Waals surface area contributed by atoms with E-state index < -0.39 is 17.8 Å². The topological polar surface area (TPSA) is 89.4 Å². The van der Waals surface area contributed by atoms with Crippen molar-refractivity contribution in [3.05, 3.63) is 60.3 Å². The molecule has 1 aliphatic rings. The molecule has 0 spiro atoms. The van der Waals surface area contributed by atoms with Crippen LogP contribution in [0.3, 0.4) is 0 Å². The number of nitrogens with one attached hydrogen (secondary N) is 1.